The number of likely N-dealkylation sites (tertiary alicyclic amines) is 1. The van der Waals surface area contributed by atoms with Crippen LogP contribution in [0, 0.1) is 0 Å². The van der Waals surface area contributed by atoms with Crippen molar-refractivity contribution < 1.29 is 9.90 Å². The summed E-state index contributed by atoms with van der Waals surface area (Å²) in [7, 11) is 0. The van der Waals surface area contributed by atoms with Gasteiger partial charge >= 0.3 is 0 Å². The van der Waals surface area contributed by atoms with Gasteiger partial charge in [0.2, 0.25) is 5.91 Å². The Bertz CT molecular complexity index is 523. The van der Waals surface area contributed by atoms with E-state index in [0.717, 1.165) is 50.2 Å². The Kier molecular flexibility index (Phi) is 5.39. The van der Waals surface area contributed by atoms with Gasteiger partial charge < -0.3 is 10.0 Å². The van der Waals surface area contributed by atoms with E-state index in [2.05, 4.69) is 11.0 Å². The summed E-state index contributed by atoms with van der Waals surface area (Å²) in [5, 5.41) is 9.01. The highest BCUT2D eigenvalue weighted by Crippen LogP contribution is 2.34. The van der Waals surface area contributed by atoms with Crippen LogP contribution >= 0.6 is 11.8 Å². The largest absolute Gasteiger partial charge is 0.396 e. The molecule has 2 heterocycles. The fourth-order valence-corrected chi connectivity index (χ4v) is 4.44. The van der Waals surface area contributed by atoms with Crippen molar-refractivity contribution in [2.45, 2.75) is 36.6 Å². The van der Waals surface area contributed by atoms with Gasteiger partial charge in [0.15, 0.2) is 0 Å². The average molecular weight is 320 g/mol. The van der Waals surface area contributed by atoms with Crippen molar-refractivity contribution in [1.82, 2.24) is 4.90 Å². The molecule has 3 rings (SSSR count). The van der Waals surface area contributed by atoms with E-state index in [-0.39, 0.29) is 12.5 Å². The molecule has 1 aromatic carbocycles. The Balaban J connectivity index is 1.65. The van der Waals surface area contributed by atoms with Crippen LogP contribution in [0.15, 0.2) is 29.2 Å². The summed E-state index contributed by atoms with van der Waals surface area (Å²) in [6.07, 6.45) is 4.14. The molecule has 1 fully saturated rings. The van der Waals surface area contributed by atoms with Crippen LogP contribution in [0.25, 0.3) is 0 Å². The molecule has 0 bridgehead atoms. The number of amides is 1. The fourth-order valence-electron chi connectivity index (χ4n) is 3.44. The number of hydrogen-bond donors (Lipinski definition) is 1. The van der Waals surface area contributed by atoms with Crippen LogP contribution in [-0.4, -0.2) is 53.9 Å². The summed E-state index contributed by atoms with van der Waals surface area (Å²) in [5.41, 5.74) is 1.06. The summed E-state index contributed by atoms with van der Waals surface area (Å²) in [6, 6.07) is 8.65. The molecular weight excluding hydrogens is 296 g/mol. The average Bonchev–Trinajstić information content (AvgIpc) is 2.99. The van der Waals surface area contributed by atoms with Gasteiger partial charge in [-0.05, 0) is 44.4 Å². The van der Waals surface area contributed by atoms with Crippen molar-refractivity contribution in [2.75, 3.05) is 36.9 Å². The van der Waals surface area contributed by atoms with Crippen molar-refractivity contribution >= 4 is 23.4 Å². The Morgan fingerprint density at radius 3 is 3.05 bits per heavy atom. The first-order valence-corrected chi connectivity index (χ1v) is 9.15. The first-order chi connectivity index (χ1) is 10.8. The maximum atomic E-state index is 12.8. The van der Waals surface area contributed by atoms with Gasteiger partial charge in [-0.15, -0.1) is 11.8 Å². The van der Waals surface area contributed by atoms with Crippen molar-refractivity contribution in [1.29, 1.82) is 0 Å². The van der Waals surface area contributed by atoms with Gasteiger partial charge in [0.1, 0.15) is 0 Å². The minimum Gasteiger partial charge on any atom is -0.396 e. The quantitative estimate of drug-likeness (QED) is 0.904. The van der Waals surface area contributed by atoms with Crippen LogP contribution in [0.3, 0.4) is 0 Å². The molecule has 0 radical (unpaired) electrons. The predicted octanol–water partition coefficient (Wildman–Crippen LogP) is 2.36. The molecule has 0 spiro atoms. The van der Waals surface area contributed by atoms with E-state index in [9.17, 15) is 4.79 Å². The lowest BCUT2D eigenvalue weighted by Gasteiger charge is -2.32. The zero-order chi connectivity index (χ0) is 15.4. The first-order valence-electron chi connectivity index (χ1n) is 8.16. The van der Waals surface area contributed by atoms with Crippen LogP contribution in [0.4, 0.5) is 5.69 Å². The van der Waals surface area contributed by atoms with Crippen LogP contribution in [-0.2, 0) is 4.79 Å². The summed E-state index contributed by atoms with van der Waals surface area (Å²) in [4.78, 5) is 18.2. The number of benzene rings is 1. The highest BCUT2D eigenvalue weighted by atomic mass is 32.2. The van der Waals surface area contributed by atoms with Crippen molar-refractivity contribution in [2.24, 2.45) is 0 Å². The van der Waals surface area contributed by atoms with Gasteiger partial charge in [-0.1, -0.05) is 12.1 Å². The third-order valence-corrected chi connectivity index (χ3v) is 5.61. The number of aliphatic hydroxyl groups is 1. The second-order valence-corrected chi connectivity index (χ2v) is 7.13. The Morgan fingerprint density at radius 2 is 2.18 bits per heavy atom. The first kappa shape index (κ1) is 15.8. The van der Waals surface area contributed by atoms with Crippen LogP contribution in [0.1, 0.15) is 25.7 Å². The highest BCUT2D eigenvalue weighted by molar-refractivity contribution is 7.99. The number of aliphatic hydroxyl groups excluding tert-OH is 1. The molecular formula is C17H24N2O2S. The Morgan fingerprint density at radius 1 is 1.32 bits per heavy atom. The lowest BCUT2D eigenvalue weighted by Crippen LogP contribution is -2.44. The van der Waals surface area contributed by atoms with Crippen molar-refractivity contribution in [3.8, 4) is 0 Å². The standard InChI is InChI=1S/C17H24N2O2S/c20-11-4-6-14-5-3-9-18(14)13-17(21)19-10-12-22-16-8-2-1-7-15(16)19/h1-2,7-8,14,20H,3-6,9-13H2. The smallest absolute Gasteiger partial charge is 0.241 e. The van der Waals surface area contributed by atoms with Crippen LogP contribution in [0.2, 0.25) is 0 Å². The lowest BCUT2D eigenvalue weighted by molar-refractivity contribution is -0.120. The molecule has 2 aliphatic rings. The van der Waals surface area contributed by atoms with Gasteiger partial charge in [-0.2, -0.15) is 0 Å². The van der Waals surface area contributed by atoms with Crippen molar-refractivity contribution in [3.05, 3.63) is 24.3 Å². The Hall–Kier alpha value is -1.04. The van der Waals surface area contributed by atoms with Gasteiger partial charge in [0, 0.05) is 29.8 Å². The lowest BCUT2D eigenvalue weighted by atomic mass is 10.1. The topological polar surface area (TPSA) is 43.8 Å². The molecule has 120 valence electrons. The molecule has 0 aromatic heterocycles. The number of carbonyl (C=O) groups excluding carboxylic acids is 1. The third kappa shape index (κ3) is 3.47. The summed E-state index contributed by atoms with van der Waals surface area (Å²) in [5.74, 6) is 1.18. The number of fused-ring (bicyclic) bond motifs is 1. The monoisotopic (exact) mass is 320 g/mol. The van der Waals surface area contributed by atoms with Crippen LogP contribution in [0.5, 0.6) is 0 Å². The SMILES string of the molecule is O=C(CN1CCCC1CCCO)N1CCSc2ccccc21. The normalized spacial score (nSPS) is 21.9. The Labute approximate surface area is 136 Å². The van der Waals surface area contributed by atoms with E-state index >= 15 is 0 Å². The molecule has 2 aliphatic heterocycles. The maximum absolute atomic E-state index is 12.8. The fraction of sp³-hybridized carbons (Fsp3) is 0.588. The van der Waals surface area contributed by atoms with E-state index in [4.69, 9.17) is 5.11 Å². The number of anilines is 1. The molecule has 5 heteroatoms. The summed E-state index contributed by atoms with van der Waals surface area (Å²) >= 11 is 1.83. The highest BCUT2D eigenvalue weighted by Gasteiger charge is 2.29. The van der Waals surface area contributed by atoms with E-state index in [1.165, 1.54) is 4.90 Å². The number of thioether (sulfide) groups is 1. The third-order valence-electron chi connectivity index (χ3n) is 4.56. The minimum atomic E-state index is 0.212. The van der Waals surface area contributed by atoms with Gasteiger partial charge in [-0.3, -0.25) is 9.69 Å². The number of nitrogens with zero attached hydrogens (tertiary/aromatic N) is 2. The molecule has 1 saturated heterocycles. The molecule has 1 unspecified atom stereocenters. The summed E-state index contributed by atoms with van der Waals surface area (Å²) < 4.78 is 0. The maximum Gasteiger partial charge on any atom is 0.241 e. The molecule has 0 saturated carbocycles. The van der Waals surface area contributed by atoms with Crippen molar-refractivity contribution in [3.63, 3.8) is 0 Å². The number of para-hydroxylation sites is 1. The van der Waals surface area contributed by atoms with Crippen LogP contribution < -0.4 is 4.90 Å². The van der Waals surface area contributed by atoms with Gasteiger partial charge in [-0.25, -0.2) is 0 Å². The molecule has 22 heavy (non-hydrogen) atoms. The zero-order valence-corrected chi connectivity index (χ0v) is 13.7. The molecule has 4 nitrogen and oxygen atoms in total. The molecule has 1 N–H and O–H groups in total. The van der Waals surface area contributed by atoms with Gasteiger partial charge in [0.25, 0.3) is 0 Å². The molecule has 1 aromatic rings. The number of rotatable bonds is 5. The van der Waals surface area contributed by atoms with E-state index < -0.39 is 0 Å². The minimum absolute atomic E-state index is 0.212. The second kappa shape index (κ2) is 7.49. The number of carbonyl (C=O) groups is 1. The predicted molar refractivity (Wildman–Crippen MR) is 90.4 cm³/mol. The summed E-state index contributed by atoms with van der Waals surface area (Å²) in [6.45, 7) is 2.56. The number of hydrogen-bond acceptors (Lipinski definition) is 4. The zero-order valence-electron chi connectivity index (χ0n) is 12.9. The molecule has 1 amide bonds. The van der Waals surface area contributed by atoms with Gasteiger partial charge in [0.05, 0.1) is 12.2 Å². The van der Waals surface area contributed by atoms with E-state index in [0.29, 0.717) is 12.6 Å². The van der Waals surface area contributed by atoms with E-state index in [1.54, 1.807) is 0 Å². The molecule has 1 atom stereocenters. The van der Waals surface area contributed by atoms with E-state index in [1.807, 2.05) is 34.9 Å². The second-order valence-electron chi connectivity index (χ2n) is 5.99. The molecule has 0 aliphatic carbocycles.